The zero-order valence-corrected chi connectivity index (χ0v) is 17.1. The van der Waals surface area contributed by atoms with E-state index in [1.54, 1.807) is 0 Å². The van der Waals surface area contributed by atoms with E-state index in [0.29, 0.717) is 0 Å². The van der Waals surface area contributed by atoms with Crippen molar-refractivity contribution in [1.82, 2.24) is 0 Å². The third-order valence-electron chi connectivity index (χ3n) is 3.90. The van der Waals surface area contributed by atoms with Crippen molar-refractivity contribution in [1.29, 1.82) is 0 Å². The highest BCUT2D eigenvalue weighted by Crippen LogP contribution is 2.60. The highest BCUT2D eigenvalue weighted by atomic mass is 35.5. The van der Waals surface area contributed by atoms with Crippen molar-refractivity contribution in [3.63, 3.8) is 0 Å². The molecule has 1 aromatic carbocycles. The first-order chi connectivity index (χ1) is 13.7. The second-order valence-electron chi connectivity index (χ2n) is 6.02. The van der Waals surface area contributed by atoms with Gasteiger partial charge in [-0.25, -0.2) is 8.78 Å². The van der Waals surface area contributed by atoms with Crippen molar-refractivity contribution in [2.45, 2.75) is 44.7 Å². The van der Waals surface area contributed by atoms with Crippen molar-refractivity contribution >= 4 is 46.4 Å². The highest BCUT2D eigenvalue weighted by molar-refractivity contribution is 6.33. The van der Waals surface area contributed by atoms with Crippen LogP contribution in [-0.2, 0) is 11.8 Å². The minimum Gasteiger partial charge on any atom is -0.211 e. The summed E-state index contributed by atoms with van der Waals surface area (Å²) < 4.78 is 189. The van der Waals surface area contributed by atoms with Crippen LogP contribution in [0.2, 0.25) is 0 Å². The largest absolute Gasteiger partial charge is 0.375 e. The molecule has 0 fully saturated rings. The monoisotopic (exact) mass is 578 g/mol. The van der Waals surface area contributed by atoms with Gasteiger partial charge in [0.15, 0.2) is 0 Å². The fourth-order valence-corrected chi connectivity index (χ4v) is 2.48. The molecule has 0 radical (unpaired) electrons. The molecular weight excluding hydrogens is 576 g/mol. The highest BCUT2D eigenvalue weighted by Gasteiger charge is 2.80. The summed E-state index contributed by atoms with van der Waals surface area (Å²) in [5.74, 6) is -25.1. The smallest absolute Gasteiger partial charge is 0.211 e. The average molecular weight is 580 g/mol. The topological polar surface area (TPSA) is 0 Å². The van der Waals surface area contributed by atoms with Gasteiger partial charge in [-0.2, -0.15) is 52.7 Å². The fraction of sp³-hybridized carbons (Fsp3) is 0.571. The Morgan fingerprint density at radius 3 is 0.750 bits per heavy atom. The van der Waals surface area contributed by atoms with Crippen molar-refractivity contribution in [3.05, 3.63) is 35.4 Å². The average Bonchev–Trinajstić information content (AvgIpc) is 2.59. The van der Waals surface area contributed by atoms with Crippen LogP contribution >= 0.6 is 46.4 Å². The van der Waals surface area contributed by atoms with E-state index < -0.39 is 80.1 Å². The molecular formula is C14H4Cl4F14. The summed E-state index contributed by atoms with van der Waals surface area (Å²) in [4.78, 5) is 0. The molecule has 186 valence electrons. The Bertz CT molecular complexity index is 754. The Morgan fingerprint density at radius 1 is 0.406 bits per heavy atom. The van der Waals surface area contributed by atoms with Gasteiger partial charge < -0.3 is 0 Å². The van der Waals surface area contributed by atoms with Crippen LogP contribution in [0, 0.1) is 0 Å². The van der Waals surface area contributed by atoms with E-state index in [9.17, 15) is 61.5 Å². The van der Waals surface area contributed by atoms with E-state index in [1.165, 1.54) is 0 Å². The van der Waals surface area contributed by atoms with Gasteiger partial charge >= 0.3 is 44.7 Å². The minimum atomic E-state index is -6.54. The van der Waals surface area contributed by atoms with Crippen LogP contribution < -0.4 is 0 Å². The van der Waals surface area contributed by atoms with E-state index in [-0.39, 0.29) is 0 Å². The predicted octanol–water partition coefficient (Wildman–Crippen LogP) is 8.61. The van der Waals surface area contributed by atoms with Gasteiger partial charge in [-0.05, 0) is 23.2 Å². The molecule has 0 nitrogen and oxygen atoms in total. The van der Waals surface area contributed by atoms with E-state index in [2.05, 4.69) is 46.4 Å². The minimum absolute atomic E-state index is 0.528. The Balaban J connectivity index is 3.51. The number of hydrogen-bond acceptors (Lipinski definition) is 0. The SMILES string of the molecule is FC(F)(Cl)C(F)(Cl)C(F)(F)C(F)(F)c1ccc(C(F)(F)C(F)(F)C(F)(Cl)C(F)(F)Cl)cc1. The molecule has 0 aliphatic carbocycles. The predicted molar refractivity (Wildman–Crippen MR) is 85.1 cm³/mol. The Morgan fingerprint density at radius 2 is 0.594 bits per heavy atom. The van der Waals surface area contributed by atoms with Crippen LogP contribution in [0.5, 0.6) is 0 Å². The van der Waals surface area contributed by atoms with Gasteiger partial charge in [0.2, 0.25) is 0 Å². The maximum Gasteiger partial charge on any atom is 0.375 e. The van der Waals surface area contributed by atoms with E-state index >= 15 is 0 Å². The van der Waals surface area contributed by atoms with Crippen LogP contribution in [-0.4, -0.2) is 32.9 Å². The molecule has 0 aliphatic heterocycles. The van der Waals surface area contributed by atoms with Gasteiger partial charge in [-0.3, -0.25) is 0 Å². The lowest BCUT2D eigenvalue weighted by molar-refractivity contribution is -0.286. The zero-order valence-electron chi connectivity index (χ0n) is 14.1. The summed E-state index contributed by atoms with van der Waals surface area (Å²) in [7, 11) is 0. The molecule has 1 rings (SSSR count). The standard InChI is InChI=1S/C14H4Cl4F14/c15-9(23,13(17,29)30)11(25,26)7(19,20)5-1-2-6(4-3-5)8(21,22)12(27,28)10(16,24)14(18,31)32/h1-4H. The van der Waals surface area contributed by atoms with Crippen LogP contribution in [0.1, 0.15) is 11.1 Å². The Kier molecular flexibility index (Phi) is 7.34. The second-order valence-corrected chi connectivity index (χ2v) is 8.01. The molecule has 0 aliphatic rings. The summed E-state index contributed by atoms with van der Waals surface area (Å²) in [5.41, 5.74) is -4.48. The molecule has 0 N–H and O–H groups in total. The number of halogens is 18. The third-order valence-corrected chi connectivity index (χ3v) is 5.56. The number of benzene rings is 1. The van der Waals surface area contributed by atoms with E-state index in [0.717, 1.165) is 0 Å². The van der Waals surface area contributed by atoms with Crippen LogP contribution in [0.25, 0.3) is 0 Å². The molecule has 0 saturated heterocycles. The first-order valence-corrected chi connectivity index (χ1v) is 8.73. The molecule has 0 spiro atoms. The zero-order chi connectivity index (χ0) is 26.0. The molecule has 2 atom stereocenters. The molecule has 32 heavy (non-hydrogen) atoms. The number of hydrogen-bond donors (Lipinski definition) is 0. The van der Waals surface area contributed by atoms with Gasteiger partial charge in [0, 0.05) is 11.1 Å². The molecule has 0 aromatic heterocycles. The first kappa shape index (κ1) is 29.4. The molecule has 0 bridgehead atoms. The van der Waals surface area contributed by atoms with E-state index in [4.69, 9.17) is 0 Å². The summed E-state index contributed by atoms with van der Waals surface area (Å²) >= 11 is 16.2. The summed E-state index contributed by atoms with van der Waals surface area (Å²) in [6.45, 7) is 0. The van der Waals surface area contributed by atoms with Gasteiger partial charge in [-0.15, -0.1) is 0 Å². The fourth-order valence-electron chi connectivity index (χ4n) is 2.00. The third kappa shape index (κ3) is 4.17. The summed E-state index contributed by atoms with van der Waals surface area (Å²) in [5, 5.41) is -23.5. The molecule has 0 amide bonds. The van der Waals surface area contributed by atoms with Gasteiger partial charge in [-0.1, -0.05) is 47.5 Å². The number of alkyl halides is 18. The Hall–Kier alpha value is -0.600. The lowest BCUT2D eigenvalue weighted by Crippen LogP contribution is -2.59. The van der Waals surface area contributed by atoms with Gasteiger partial charge in [0.1, 0.15) is 0 Å². The van der Waals surface area contributed by atoms with Crippen molar-refractivity contribution in [2.75, 3.05) is 0 Å². The molecule has 2 unspecified atom stereocenters. The van der Waals surface area contributed by atoms with Crippen molar-refractivity contribution in [2.24, 2.45) is 0 Å². The lowest BCUT2D eigenvalue weighted by Gasteiger charge is -2.37. The van der Waals surface area contributed by atoms with Crippen LogP contribution in [0.15, 0.2) is 24.3 Å². The maximum atomic E-state index is 14.0. The van der Waals surface area contributed by atoms with Crippen LogP contribution in [0.4, 0.5) is 61.5 Å². The van der Waals surface area contributed by atoms with Crippen LogP contribution in [0.3, 0.4) is 0 Å². The quantitative estimate of drug-likeness (QED) is 0.214. The normalized spacial score (nSPS) is 18.8. The van der Waals surface area contributed by atoms with Gasteiger partial charge in [0.05, 0.1) is 0 Å². The first-order valence-electron chi connectivity index (χ1n) is 7.22. The van der Waals surface area contributed by atoms with E-state index in [1.807, 2.05) is 0 Å². The molecule has 18 heteroatoms. The van der Waals surface area contributed by atoms with Gasteiger partial charge in [0.25, 0.3) is 0 Å². The second kappa shape index (κ2) is 7.98. The molecule has 1 aromatic rings. The van der Waals surface area contributed by atoms with Crippen molar-refractivity contribution in [3.8, 4) is 0 Å². The summed E-state index contributed by atoms with van der Waals surface area (Å²) in [6, 6.07) is -2.11. The molecule has 0 heterocycles. The lowest BCUT2D eigenvalue weighted by atomic mass is 9.93. The summed E-state index contributed by atoms with van der Waals surface area (Å²) in [6.07, 6.45) is 0. The Labute approximate surface area is 188 Å². The van der Waals surface area contributed by atoms with Crippen molar-refractivity contribution < 1.29 is 61.5 Å². The molecule has 0 saturated carbocycles. The number of rotatable bonds is 8. The maximum absolute atomic E-state index is 14.0.